The number of carboxylic acids is 1. The molecule has 0 aliphatic carbocycles. The van der Waals surface area contributed by atoms with Gasteiger partial charge in [0.2, 0.25) is 0 Å². The summed E-state index contributed by atoms with van der Waals surface area (Å²) in [5.74, 6) is -1.15. The molecule has 3 heteroatoms. The van der Waals surface area contributed by atoms with Gasteiger partial charge in [-0.1, -0.05) is 43.3 Å². The first-order valence-electron chi connectivity index (χ1n) is 6.98. The number of hydrogen-bond acceptors (Lipinski definition) is 2. The lowest BCUT2D eigenvalue weighted by molar-refractivity contribution is -0.140. The Morgan fingerprint density at radius 1 is 1.10 bits per heavy atom. The molecule has 0 heterocycles. The molecule has 0 spiro atoms. The van der Waals surface area contributed by atoms with Crippen molar-refractivity contribution in [2.24, 2.45) is 5.92 Å². The number of fused-ring (bicyclic) bond motifs is 1. The zero-order chi connectivity index (χ0) is 14.7. The van der Waals surface area contributed by atoms with Crippen LogP contribution in [0.5, 0.6) is 0 Å². The van der Waals surface area contributed by atoms with Crippen molar-refractivity contribution in [1.29, 1.82) is 0 Å². The minimum Gasteiger partial charge on any atom is -0.481 e. The van der Waals surface area contributed by atoms with Gasteiger partial charge in [0, 0.05) is 23.7 Å². The van der Waals surface area contributed by atoms with Crippen LogP contribution in [-0.4, -0.2) is 23.7 Å². The molecule has 0 aliphatic heterocycles. The molecule has 106 valence electrons. The highest BCUT2D eigenvalue weighted by Gasteiger charge is 2.20. The number of benzene rings is 2. The SMILES string of the molecule is CC(CN(c1cccc2ccccc12)C(C)C)C(=O)O. The van der Waals surface area contributed by atoms with E-state index < -0.39 is 11.9 Å². The largest absolute Gasteiger partial charge is 0.481 e. The first-order valence-corrected chi connectivity index (χ1v) is 6.98. The number of carbonyl (C=O) groups is 1. The van der Waals surface area contributed by atoms with Crippen LogP contribution in [0.25, 0.3) is 10.8 Å². The summed E-state index contributed by atoms with van der Waals surface area (Å²) in [5.41, 5.74) is 1.10. The molecular weight excluding hydrogens is 250 g/mol. The van der Waals surface area contributed by atoms with E-state index in [0.29, 0.717) is 6.54 Å². The van der Waals surface area contributed by atoms with Crippen LogP contribution in [0.15, 0.2) is 42.5 Å². The van der Waals surface area contributed by atoms with Crippen LogP contribution in [0.4, 0.5) is 5.69 Å². The highest BCUT2D eigenvalue weighted by molar-refractivity contribution is 5.94. The summed E-state index contributed by atoms with van der Waals surface area (Å²) in [6.45, 7) is 6.45. The average molecular weight is 271 g/mol. The molecule has 0 bridgehead atoms. The van der Waals surface area contributed by atoms with Gasteiger partial charge in [0.1, 0.15) is 0 Å². The van der Waals surface area contributed by atoms with Crippen LogP contribution < -0.4 is 4.90 Å². The van der Waals surface area contributed by atoms with Gasteiger partial charge in [-0.2, -0.15) is 0 Å². The van der Waals surface area contributed by atoms with Gasteiger partial charge >= 0.3 is 5.97 Å². The third-order valence-electron chi connectivity index (χ3n) is 3.59. The monoisotopic (exact) mass is 271 g/mol. The zero-order valence-corrected chi connectivity index (χ0v) is 12.2. The van der Waals surface area contributed by atoms with E-state index in [0.717, 1.165) is 5.69 Å². The molecular formula is C17H21NO2. The maximum Gasteiger partial charge on any atom is 0.308 e. The van der Waals surface area contributed by atoms with Gasteiger partial charge in [-0.25, -0.2) is 0 Å². The summed E-state index contributed by atoms with van der Waals surface area (Å²) in [6.07, 6.45) is 0. The molecule has 1 atom stereocenters. The van der Waals surface area contributed by atoms with Gasteiger partial charge in [-0.3, -0.25) is 4.79 Å². The molecule has 2 aromatic carbocycles. The van der Waals surface area contributed by atoms with Crippen molar-refractivity contribution in [3.05, 3.63) is 42.5 Å². The molecule has 1 N–H and O–H groups in total. The molecule has 0 aromatic heterocycles. The molecule has 2 rings (SSSR count). The molecule has 0 radical (unpaired) electrons. The Morgan fingerprint density at radius 3 is 2.40 bits per heavy atom. The standard InChI is InChI=1S/C17H21NO2/c1-12(2)18(11-13(3)17(19)20)16-10-6-8-14-7-4-5-9-15(14)16/h4-10,12-13H,11H2,1-3H3,(H,19,20). The Balaban J connectivity index is 2.44. The number of carboxylic acid groups (broad SMARTS) is 1. The van der Waals surface area contributed by atoms with E-state index in [-0.39, 0.29) is 6.04 Å². The van der Waals surface area contributed by atoms with E-state index in [4.69, 9.17) is 5.11 Å². The lowest BCUT2D eigenvalue weighted by atomic mass is 10.0. The molecule has 2 aromatic rings. The minimum absolute atomic E-state index is 0.252. The van der Waals surface area contributed by atoms with Crippen molar-refractivity contribution in [2.45, 2.75) is 26.8 Å². The number of anilines is 1. The van der Waals surface area contributed by atoms with Gasteiger partial charge in [0.25, 0.3) is 0 Å². The zero-order valence-electron chi connectivity index (χ0n) is 12.2. The third kappa shape index (κ3) is 2.93. The predicted molar refractivity (Wildman–Crippen MR) is 83.2 cm³/mol. The van der Waals surface area contributed by atoms with E-state index in [1.165, 1.54) is 10.8 Å². The first-order chi connectivity index (χ1) is 9.50. The fourth-order valence-electron chi connectivity index (χ4n) is 2.42. The summed E-state index contributed by atoms with van der Waals surface area (Å²) in [6, 6.07) is 14.6. The minimum atomic E-state index is -0.754. The Kier molecular flexibility index (Phi) is 4.28. The molecule has 20 heavy (non-hydrogen) atoms. The molecule has 0 amide bonds. The van der Waals surface area contributed by atoms with Crippen molar-refractivity contribution in [3.8, 4) is 0 Å². The summed E-state index contributed by atoms with van der Waals surface area (Å²) in [4.78, 5) is 13.3. The highest BCUT2D eigenvalue weighted by atomic mass is 16.4. The number of aliphatic carboxylic acids is 1. The van der Waals surface area contributed by atoms with E-state index >= 15 is 0 Å². The smallest absolute Gasteiger partial charge is 0.308 e. The van der Waals surface area contributed by atoms with Crippen molar-refractivity contribution in [3.63, 3.8) is 0 Å². The quantitative estimate of drug-likeness (QED) is 0.899. The highest BCUT2D eigenvalue weighted by Crippen LogP contribution is 2.28. The summed E-state index contributed by atoms with van der Waals surface area (Å²) in [5, 5.41) is 11.5. The van der Waals surface area contributed by atoms with Crippen LogP contribution in [0.2, 0.25) is 0 Å². The second-order valence-electron chi connectivity index (χ2n) is 5.48. The Morgan fingerprint density at radius 2 is 1.75 bits per heavy atom. The molecule has 0 saturated carbocycles. The molecule has 1 unspecified atom stereocenters. The molecule has 3 nitrogen and oxygen atoms in total. The van der Waals surface area contributed by atoms with Crippen LogP contribution in [0.1, 0.15) is 20.8 Å². The van der Waals surface area contributed by atoms with Crippen molar-refractivity contribution in [2.75, 3.05) is 11.4 Å². The Labute approximate surface area is 119 Å². The summed E-state index contributed by atoms with van der Waals surface area (Å²) < 4.78 is 0. The predicted octanol–water partition coefficient (Wildman–Crippen LogP) is 3.78. The third-order valence-corrected chi connectivity index (χ3v) is 3.59. The van der Waals surface area contributed by atoms with Crippen LogP contribution in [-0.2, 0) is 4.79 Å². The van der Waals surface area contributed by atoms with E-state index in [2.05, 4.69) is 43.0 Å². The Bertz CT molecular complexity index is 601. The second kappa shape index (κ2) is 5.95. The van der Waals surface area contributed by atoms with Crippen molar-refractivity contribution < 1.29 is 9.90 Å². The lowest BCUT2D eigenvalue weighted by Crippen LogP contribution is -2.37. The molecule has 0 saturated heterocycles. The first kappa shape index (κ1) is 14.4. The van der Waals surface area contributed by atoms with E-state index in [9.17, 15) is 4.79 Å². The number of rotatable bonds is 5. The van der Waals surface area contributed by atoms with Crippen molar-refractivity contribution in [1.82, 2.24) is 0 Å². The fraction of sp³-hybridized carbons (Fsp3) is 0.353. The molecule has 0 fully saturated rings. The van der Waals surface area contributed by atoms with Crippen LogP contribution in [0, 0.1) is 5.92 Å². The number of hydrogen-bond donors (Lipinski definition) is 1. The van der Waals surface area contributed by atoms with Gasteiger partial charge in [-0.05, 0) is 25.3 Å². The second-order valence-corrected chi connectivity index (χ2v) is 5.48. The normalized spacial score (nSPS) is 12.6. The van der Waals surface area contributed by atoms with E-state index in [1.807, 2.05) is 18.2 Å². The van der Waals surface area contributed by atoms with Gasteiger partial charge in [0.15, 0.2) is 0 Å². The average Bonchev–Trinajstić information content (AvgIpc) is 2.43. The fourth-order valence-corrected chi connectivity index (χ4v) is 2.42. The van der Waals surface area contributed by atoms with Crippen LogP contribution >= 0.6 is 0 Å². The summed E-state index contributed by atoms with van der Waals surface area (Å²) in [7, 11) is 0. The Hall–Kier alpha value is -2.03. The van der Waals surface area contributed by atoms with Gasteiger partial charge in [0.05, 0.1) is 5.92 Å². The maximum absolute atomic E-state index is 11.1. The van der Waals surface area contributed by atoms with Gasteiger partial charge in [-0.15, -0.1) is 0 Å². The molecule has 0 aliphatic rings. The maximum atomic E-state index is 11.1. The number of nitrogens with zero attached hydrogens (tertiary/aromatic N) is 1. The summed E-state index contributed by atoms with van der Waals surface area (Å²) >= 11 is 0. The topological polar surface area (TPSA) is 40.5 Å². The van der Waals surface area contributed by atoms with Gasteiger partial charge < -0.3 is 10.0 Å². The lowest BCUT2D eigenvalue weighted by Gasteiger charge is -2.31. The van der Waals surface area contributed by atoms with Crippen LogP contribution in [0.3, 0.4) is 0 Å². The van der Waals surface area contributed by atoms with Crippen molar-refractivity contribution >= 4 is 22.4 Å². The van der Waals surface area contributed by atoms with E-state index in [1.54, 1.807) is 6.92 Å².